The molecule has 1 saturated carbocycles. The summed E-state index contributed by atoms with van der Waals surface area (Å²) in [6.45, 7) is 5.75. The van der Waals surface area contributed by atoms with Crippen molar-refractivity contribution >= 4 is 11.8 Å². The first-order valence-corrected chi connectivity index (χ1v) is 6.69. The minimum Gasteiger partial charge on any atom is -0.367 e. The molecule has 2 rings (SSSR count). The Morgan fingerprint density at radius 1 is 1.39 bits per heavy atom. The monoisotopic (exact) mass is 252 g/mol. The molecule has 0 spiro atoms. The molecule has 1 aliphatic rings. The third-order valence-electron chi connectivity index (χ3n) is 3.44. The number of nitrogens with zero attached hydrogens (tertiary/aromatic N) is 2. The van der Waals surface area contributed by atoms with Gasteiger partial charge >= 0.3 is 0 Å². The van der Waals surface area contributed by atoms with Crippen molar-refractivity contribution in [2.24, 2.45) is 11.8 Å². The van der Waals surface area contributed by atoms with Crippen molar-refractivity contribution in [3.8, 4) is 0 Å². The van der Waals surface area contributed by atoms with Gasteiger partial charge in [-0.1, -0.05) is 13.3 Å². The third kappa shape index (κ3) is 3.31. The first-order valence-electron chi connectivity index (χ1n) is 6.69. The van der Waals surface area contributed by atoms with Crippen molar-refractivity contribution in [3.05, 3.63) is 12.0 Å². The highest BCUT2D eigenvalue weighted by Crippen LogP contribution is 2.30. The molecule has 100 valence electrons. The Morgan fingerprint density at radius 2 is 2.22 bits per heavy atom. The fourth-order valence-corrected chi connectivity index (χ4v) is 2.49. The molecular formula is C13H21FN4. The summed E-state index contributed by atoms with van der Waals surface area (Å²) in [7, 11) is 0. The summed E-state index contributed by atoms with van der Waals surface area (Å²) in [6, 6.07) is 0. The Balaban J connectivity index is 1.93. The topological polar surface area (TPSA) is 49.8 Å². The average Bonchev–Trinajstić information content (AvgIpc) is 2.76. The van der Waals surface area contributed by atoms with Gasteiger partial charge in [0.1, 0.15) is 0 Å². The predicted molar refractivity (Wildman–Crippen MR) is 71.1 cm³/mol. The maximum atomic E-state index is 13.5. The molecule has 1 aliphatic carbocycles. The van der Waals surface area contributed by atoms with Gasteiger partial charge in [0.2, 0.25) is 5.95 Å². The molecule has 5 heteroatoms. The van der Waals surface area contributed by atoms with Crippen LogP contribution in [-0.4, -0.2) is 23.1 Å². The van der Waals surface area contributed by atoms with E-state index in [1.165, 1.54) is 25.5 Å². The molecule has 0 aliphatic heterocycles. The largest absolute Gasteiger partial charge is 0.367 e. The summed E-state index contributed by atoms with van der Waals surface area (Å²) < 4.78 is 13.5. The number of anilines is 2. The molecule has 0 amide bonds. The first-order chi connectivity index (χ1) is 8.69. The van der Waals surface area contributed by atoms with E-state index in [9.17, 15) is 4.39 Å². The number of aromatic nitrogens is 2. The summed E-state index contributed by atoms with van der Waals surface area (Å²) in [6.07, 6.45) is 4.94. The molecule has 0 radical (unpaired) electrons. The van der Waals surface area contributed by atoms with Crippen LogP contribution in [0.15, 0.2) is 6.20 Å². The van der Waals surface area contributed by atoms with Gasteiger partial charge in [-0.3, -0.25) is 0 Å². The third-order valence-corrected chi connectivity index (χ3v) is 3.44. The second kappa shape index (κ2) is 5.98. The summed E-state index contributed by atoms with van der Waals surface area (Å²) in [5.41, 5.74) is 0. The molecule has 1 aromatic heterocycles. The number of rotatable bonds is 5. The van der Waals surface area contributed by atoms with E-state index < -0.39 is 0 Å². The summed E-state index contributed by atoms with van der Waals surface area (Å²) >= 11 is 0. The average molecular weight is 252 g/mol. The predicted octanol–water partition coefficient (Wildman–Crippen LogP) is 2.90. The van der Waals surface area contributed by atoms with Crippen LogP contribution < -0.4 is 10.6 Å². The molecule has 2 unspecified atom stereocenters. The summed E-state index contributed by atoms with van der Waals surface area (Å²) in [5.74, 6) is 1.82. The van der Waals surface area contributed by atoms with E-state index in [0.717, 1.165) is 19.0 Å². The van der Waals surface area contributed by atoms with Gasteiger partial charge in [0, 0.05) is 13.1 Å². The van der Waals surface area contributed by atoms with Gasteiger partial charge in [-0.15, -0.1) is 0 Å². The standard InChI is InChI=1S/C13H21FN4/c1-3-15-13-17-8-11(14)12(18-13)16-7-10-5-4-9(2)6-10/h8-10H,3-7H2,1-2H3,(H2,15,16,17,18). The molecule has 1 aromatic rings. The van der Waals surface area contributed by atoms with Gasteiger partial charge in [-0.2, -0.15) is 4.98 Å². The highest BCUT2D eigenvalue weighted by Gasteiger charge is 2.21. The lowest BCUT2D eigenvalue weighted by Gasteiger charge is -2.12. The van der Waals surface area contributed by atoms with Crippen LogP contribution in [0, 0.1) is 17.7 Å². The molecule has 18 heavy (non-hydrogen) atoms. The van der Waals surface area contributed by atoms with Gasteiger partial charge < -0.3 is 10.6 Å². The van der Waals surface area contributed by atoms with Crippen LogP contribution in [0.25, 0.3) is 0 Å². The van der Waals surface area contributed by atoms with E-state index in [1.54, 1.807) is 0 Å². The number of nitrogens with one attached hydrogen (secondary N) is 2. The second-order valence-corrected chi connectivity index (χ2v) is 5.09. The minimum atomic E-state index is -0.386. The highest BCUT2D eigenvalue weighted by molar-refractivity contribution is 5.41. The molecule has 1 heterocycles. The Hall–Kier alpha value is -1.39. The van der Waals surface area contributed by atoms with Crippen molar-refractivity contribution in [2.45, 2.75) is 33.1 Å². The van der Waals surface area contributed by atoms with Crippen molar-refractivity contribution in [2.75, 3.05) is 23.7 Å². The number of halogens is 1. The lowest BCUT2D eigenvalue weighted by molar-refractivity contribution is 0.533. The maximum Gasteiger partial charge on any atom is 0.224 e. The van der Waals surface area contributed by atoms with Crippen LogP contribution in [0.3, 0.4) is 0 Å². The van der Waals surface area contributed by atoms with Gasteiger partial charge in [0.15, 0.2) is 11.6 Å². The zero-order chi connectivity index (χ0) is 13.0. The fraction of sp³-hybridized carbons (Fsp3) is 0.692. The maximum absolute atomic E-state index is 13.5. The molecule has 1 fully saturated rings. The highest BCUT2D eigenvalue weighted by atomic mass is 19.1. The molecule has 2 atom stereocenters. The number of hydrogen-bond acceptors (Lipinski definition) is 4. The van der Waals surface area contributed by atoms with E-state index in [0.29, 0.717) is 17.7 Å². The van der Waals surface area contributed by atoms with Gasteiger partial charge in [-0.25, -0.2) is 9.37 Å². The van der Waals surface area contributed by atoms with E-state index >= 15 is 0 Å². The van der Waals surface area contributed by atoms with Gasteiger partial charge in [0.25, 0.3) is 0 Å². The molecule has 0 saturated heterocycles. The fourth-order valence-electron chi connectivity index (χ4n) is 2.49. The minimum absolute atomic E-state index is 0.306. The quantitative estimate of drug-likeness (QED) is 0.846. The van der Waals surface area contributed by atoms with E-state index in [2.05, 4.69) is 27.5 Å². The molecular weight excluding hydrogens is 231 g/mol. The van der Waals surface area contributed by atoms with Gasteiger partial charge in [0.05, 0.1) is 6.20 Å². The van der Waals surface area contributed by atoms with Gasteiger partial charge in [-0.05, 0) is 31.6 Å². The molecule has 0 aromatic carbocycles. The van der Waals surface area contributed by atoms with Crippen LogP contribution in [0.5, 0.6) is 0 Å². The molecule has 2 N–H and O–H groups in total. The summed E-state index contributed by atoms with van der Waals surface area (Å²) in [5, 5.41) is 6.09. The van der Waals surface area contributed by atoms with Crippen molar-refractivity contribution in [1.82, 2.24) is 9.97 Å². The van der Waals surface area contributed by atoms with Crippen LogP contribution in [0.2, 0.25) is 0 Å². The first kappa shape index (κ1) is 13.1. The lowest BCUT2D eigenvalue weighted by atomic mass is 10.1. The summed E-state index contributed by atoms with van der Waals surface area (Å²) in [4.78, 5) is 8.02. The van der Waals surface area contributed by atoms with Crippen LogP contribution in [0.1, 0.15) is 33.1 Å². The normalized spacial score (nSPS) is 23.1. The van der Waals surface area contributed by atoms with Crippen molar-refractivity contribution in [1.29, 1.82) is 0 Å². The Bertz CT molecular complexity index is 397. The van der Waals surface area contributed by atoms with E-state index in [-0.39, 0.29) is 5.82 Å². The Labute approximate surface area is 107 Å². The van der Waals surface area contributed by atoms with E-state index in [4.69, 9.17) is 0 Å². The molecule has 4 nitrogen and oxygen atoms in total. The SMILES string of the molecule is CCNc1ncc(F)c(NCC2CCC(C)C2)n1. The zero-order valence-electron chi connectivity index (χ0n) is 11.0. The Morgan fingerprint density at radius 3 is 2.89 bits per heavy atom. The van der Waals surface area contributed by atoms with E-state index in [1.807, 2.05) is 6.92 Å². The van der Waals surface area contributed by atoms with Crippen LogP contribution in [-0.2, 0) is 0 Å². The smallest absolute Gasteiger partial charge is 0.224 e. The lowest BCUT2D eigenvalue weighted by Crippen LogP contribution is -2.14. The van der Waals surface area contributed by atoms with Crippen LogP contribution >= 0.6 is 0 Å². The van der Waals surface area contributed by atoms with Crippen molar-refractivity contribution in [3.63, 3.8) is 0 Å². The second-order valence-electron chi connectivity index (χ2n) is 5.09. The van der Waals surface area contributed by atoms with Crippen LogP contribution in [0.4, 0.5) is 16.2 Å². The number of hydrogen-bond donors (Lipinski definition) is 2. The zero-order valence-corrected chi connectivity index (χ0v) is 11.0. The molecule has 0 bridgehead atoms. The Kier molecular flexibility index (Phi) is 4.33. The van der Waals surface area contributed by atoms with Crippen molar-refractivity contribution < 1.29 is 4.39 Å².